The van der Waals surface area contributed by atoms with Crippen LogP contribution in [-0.4, -0.2) is 41.1 Å². The Bertz CT molecular complexity index is 952. The average molecular weight is 401 g/mol. The zero-order valence-electron chi connectivity index (χ0n) is 17.4. The molecule has 0 spiro atoms. The second kappa shape index (κ2) is 9.86. The number of carbonyl (C=O) groups is 2. The molecule has 1 heterocycles. The third kappa shape index (κ3) is 5.43. The van der Waals surface area contributed by atoms with Gasteiger partial charge in [0.15, 0.2) is 0 Å². The molecule has 2 rings (SSSR count). The molecule has 8 heteroatoms. The molecule has 0 aliphatic heterocycles. The maximum absolute atomic E-state index is 12.6. The van der Waals surface area contributed by atoms with Crippen molar-refractivity contribution in [1.29, 1.82) is 0 Å². The normalized spacial score (nSPS) is 11.6. The van der Waals surface area contributed by atoms with Crippen LogP contribution in [0.5, 0.6) is 5.75 Å². The van der Waals surface area contributed by atoms with Crippen molar-refractivity contribution < 1.29 is 19.1 Å². The number of nitrogens with one attached hydrogen (secondary N) is 2. The fraction of sp³-hybridized carbons (Fsp3) is 0.429. The average Bonchev–Trinajstić information content (AvgIpc) is 2.70. The summed E-state index contributed by atoms with van der Waals surface area (Å²) in [7, 11) is 0. The van der Waals surface area contributed by atoms with Crippen LogP contribution in [0.2, 0.25) is 0 Å². The van der Waals surface area contributed by atoms with Crippen molar-refractivity contribution in [2.75, 3.05) is 13.2 Å². The van der Waals surface area contributed by atoms with E-state index in [0.29, 0.717) is 40.6 Å². The van der Waals surface area contributed by atoms with Crippen molar-refractivity contribution in [1.82, 2.24) is 15.3 Å². The summed E-state index contributed by atoms with van der Waals surface area (Å²) in [5.41, 5.74) is 1.67. The maximum Gasteiger partial charge on any atom is 0.328 e. The Balaban J connectivity index is 2.42. The Hall–Kier alpha value is -3.16. The van der Waals surface area contributed by atoms with Gasteiger partial charge in [-0.2, -0.15) is 0 Å². The van der Waals surface area contributed by atoms with Gasteiger partial charge < -0.3 is 19.8 Å². The summed E-state index contributed by atoms with van der Waals surface area (Å²) >= 11 is 0. The van der Waals surface area contributed by atoms with Crippen molar-refractivity contribution in [3.8, 4) is 17.1 Å². The van der Waals surface area contributed by atoms with E-state index in [1.807, 2.05) is 6.92 Å². The van der Waals surface area contributed by atoms with Gasteiger partial charge in [-0.05, 0) is 52.3 Å². The molecule has 1 aromatic carbocycles. The van der Waals surface area contributed by atoms with Gasteiger partial charge in [0.05, 0.1) is 18.8 Å². The molecule has 1 atom stereocenters. The number of benzene rings is 1. The number of amides is 1. The quantitative estimate of drug-likeness (QED) is 0.658. The SMILES string of the molecule is CCCOc1ccc(C(=O)NC(C)C(=O)OCC)cc1-c1nc(C)c(C)c(=O)[nH]1. The third-order valence-electron chi connectivity index (χ3n) is 4.34. The fourth-order valence-corrected chi connectivity index (χ4v) is 2.57. The van der Waals surface area contributed by atoms with Crippen molar-refractivity contribution in [2.24, 2.45) is 0 Å². The Morgan fingerprint density at radius 1 is 1.24 bits per heavy atom. The molecule has 0 aliphatic rings. The second-order valence-corrected chi connectivity index (χ2v) is 6.63. The number of rotatable bonds is 8. The van der Waals surface area contributed by atoms with E-state index in [0.717, 1.165) is 6.42 Å². The minimum Gasteiger partial charge on any atom is -0.493 e. The maximum atomic E-state index is 12.6. The number of aryl methyl sites for hydroxylation is 1. The first-order chi connectivity index (χ1) is 13.8. The predicted molar refractivity (Wildman–Crippen MR) is 109 cm³/mol. The number of carbonyl (C=O) groups excluding carboxylic acids is 2. The van der Waals surface area contributed by atoms with Crippen molar-refractivity contribution in [3.05, 3.63) is 45.4 Å². The van der Waals surface area contributed by atoms with Crippen LogP contribution < -0.4 is 15.6 Å². The molecule has 0 saturated heterocycles. The Kier molecular flexibility index (Phi) is 7.52. The van der Waals surface area contributed by atoms with E-state index in [9.17, 15) is 14.4 Å². The van der Waals surface area contributed by atoms with Gasteiger partial charge in [-0.1, -0.05) is 6.92 Å². The van der Waals surface area contributed by atoms with Gasteiger partial charge in [-0.3, -0.25) is 9.59 Å². The van der Waals surface area contributed by atoms with Crippen molar-refractivity contribution in [3.63, 3.8) is 0 Å². The third-order valence-corrected chi connectivity index (χ3v) is 4.34. The van der Waals surface area contributed by atoms with E-state index in [1.165, 1.54) is 0 Å². The number of hydrogen-bond donors (Lipinski definition) is 2. The summed E-state index contributed by atoms with van der Waals surface area (Å²) in [6.45, 7) is 9.39. The summed E-state index contributed by atoms with van der Waals surface area (Å²) in [5.74, 6) is -0.130. The molecule has 0 bridgehead atoms. The number of aromatic amines is 1. The lowest BCUT2D eigenvalue weighted by Gasteiger charge is -2.15. The van der Waals surface area contributed by atoms with E-state index in [1.54, 1.807) is 45.9 Å². The smallest absolute Gasteiger partial charge is 0.328 e. The molecular formula is C21H27N3O5. The summed E-state index contributed by atoms with van der Waals surface area (Å²) in [4.78, 5) is 43.8. The molecule has 2 aromatic rings. The molecule has 1 unspecified atom stereocenters. The summed E-state index contributed by atoms with van der Waals surface area (Å²) in [5, 5.41) is 2.61. The highest BCUT2D eigenvalue weighted by Gasteiger charge is 2.20. The van der Waals surface area contributed by atoms with Crippen LogP contribution in [0, 0.1) is 13.8 Å². The highest BCUT2D eigenvalue weighted by atomic mass is 16.5. The topological polar surface area (TPSA) is 110 Å². The number of aromatic nitrogens is 2. The lowest BCUT2D eigenvalue weighted by molar-refractivity contribution is -0.144. The number of ether oxygens (including phenoxy) is 2. The second-order valence-electron chi connectivity index (χ2n) is 6.63. The first-order valence-electron chi connectivity index (χ1n) is 9.60. The Morgan fingerprint density at radius 2 is 1.97 bits per heavy atom. The number of nitrogens with zero attached hydrogens (tertiary/aromatic N) is 1. The largest absolute Gasteiger partial charge is 0.493 e. The van der Waals surface area contributed by atoms with Gasteiger partial charge in [-0.15, -0.1) is 0 Å². The highest BCUT2D eigenvalue weighted by molar-refractivity contribution is 5.98. The summed E-state index contributed by atoms with van der Waals surface area (Å²) in [6.07, 6.45) is 0.801. The summed E-state index contributed by atoms with van der Waals surface area (Å²) in [6, 6.07) is 4.05. The van der Waals surface area contributed by atoms with Gasteiger partial charge in [0, 0.05) is 16.8 Å². The molecule has 0 radical (unpaired) electrons. The minimum atomic E-state index is -0.790. The fourth-order valence-electron chi connectivity index (χ4n) is 2.57. The number of H-pyrrole nitrogens is 1. The van der Waals surface area contributed by atoms with E-state index in [2.05, 4.69) is 15.3 Å². The minimum absolute atomic E-state index is 0.235. The van der Waals surface area contributed by atoms with E-state index in [-0.39, 0.29) is 12.2 Å². The standard InChI is InChI=1S/C21H27N3O5/c1-6-10-29-17-9-8-15(20(26)23-14(5)21(27)28-7-2)11-16(17)18-22-13(4)12(3)19(25)24-18/h8-9,11,14H,6-7,10H2,1-5H3,(H,23,26)(H,22,24,25). The van der Waals surface area contributed by atoms with E-state index < -0.39 is 17.9 Å². The van der Waals surface area contributed by atoms with Crippen LogP contribution in [0.4, 0.5) is 0 Å². The van der Waals surface area contributed by atoms with Crippen molar-refractivity contribution >= 4 is 11.9 Å². The van der Waals surface area contributed by atoms with Crippen LogP contribution in [-0.2, 0) is 9.53 Å². The number of esters is 1. The molecular weight excluding hydrogens is 374 g/mol. The monoisotopic (exact) mass is 401 g/mol. The van der Waals surface area contributed by atoms with Gasteiger partial charge in [0.2, 0.25) is 0 Å². The first-order valence-corrected chi connectivity index (χ1v) is 9.60. The summed E-state index contributed by atoms with van der Waals surface area (Å²) < 4.78 is 10.7. The lowest BCUT2D eigenvalue weighted by atomic mass is 10.1. The van der Waals surface area contributed by atoms with Crippen LogP contribution in [0.3, 0.4) is 0 Å². The zero-order chi connectivity index (χ0) is 21.6. The molecule has 1 amide bonds. The van der Waals surface area contributed by atoms with Crippen LogP contribution in [0.1, 0.15) is 48.8 Å². The van der Waals surface area contributed by atoms with Crippen molar-refractivity contribution in [2.45, 2.75) is 47.1 Å². The number of hydrogen-bond acceptors (Lipinski definition) is 6. The molecule has 2 N–H and O–H groups in total. The van der Waals surface area contributed by atoms with E-state index >= 15 is 0 Å². The predicted octanol–water partition coefficient (Wildman–Crippen LogP) is 2.52. The Labute approximate surface area is 169 Å². The zero-order valence-corrected chi connectivity index (χ0v) is 17.4. The molecule has 0 aliphatic carbocycles. The van der Waals surface area contributed by atoms with Crippen LogP contribution >= 0.6 is 0 Å². The van der Waals surface area contributed by atoms with Crippen LogP contribution in [0.25, 0.3) is 11.4 Å². The van der Waals surface area contributed by atoms with Gasteiger partial charge >= 0.3 is 5.97 Å². The molecule has 8 nitrogen and oxygen atoms in total. The van der Waals surface area contributed by atoms with Crippen LogP contribution in [0.15, 0.2) is 23.0 Å². The molecule has 29 heavy (non-hydrogen) atoms. The molecule has 0 saturated carbocycles. The van der Waals surface area contributed by atoms with Gasteiger partial charge in [0.1, 0.15) is 17.6 Å². The molecule has 1 aromatic heterocycles. The molecule has 0 fully saturated rings. The van der Waals surface area contributed by atoms with E-state index in [4.69, 9.17) is 9.47 Å². The first kappa shape index (κ1) is 22.1. The molecule has 156 valence electrons. The van der Waals surface area contributed by atoms with Gasteiger partial charge in [0.25, 0.3) is 11.5 Å². The lowest BCUT2D eigenvalue weighted by Crippen LogP contribution is -2.39. The highest BCUT2D eigenvalue weighted by Crippen LogP contribution is 2.29. The van der Waals surface area contributed by atoms with Gasteiger partial charge in [-0.25, -0.2) is 9.78 Å². The Morgan fingerprint density at radius 3 is 2.59 bits per heavy atom.